The van der Waals surface area contributed by atoms with E-state index in [0.717, 1.165) is 32.1 Å². The molecule has 2 rings (SSSR count). The van der Waals surface area contributed by atoms with Crippen molar-refractivity contribution in [1.29, 1.82) is 0 Å². The number of carbonyl (C=O) groups excluding carboxylic acids is 1. The van der Waals surface area contributed by atoms with Gasteiger partial charge < -0.3 is 15.7 Å². The second kappa shape index (κ2) is 6.76. The molecule has 1 aliphatic heterocycles. The molecule has 20 heavy (non-hydrogen) atoms. The Hall–Kier alpha value is -0.810. The van der Waals surface area contributed by atoms with Crippen LogP contribution in [-0.4, -0.2) is 40.0 Å². The summed E-state index contributed by atoms with van der Waals surface area (Å²) in [5.74, 6) is -0.972. The summed E-state index contributed by atoms with van der Waals surface area (Å²) in [5, 5.41) is 9.78. The van der Waals surface area contributed by atoms with E-state index in [4.69, 9.17) is 5.73 Å². The molecular formula is C14H25ClN2O3. The summed E-state index contributed by atoms with van der Waals surface area (Å²) >= 11 is 0. The predicted octanol–water partition coefficient (Wildman–Crippen LogP) is 1.78. The number of likely N-dealkylation sites (tertiary alicyclic amines) is 1. The van der Waals surface area contributed by atoms with E-state index >= 15 is 0 Å². The van der Waals surface area contributed by atoms with Gasteiger partial charge in [-0.05, 0) is 38.5 Å². The lowest BCUT2D eigenvalue weighted by atomic mass is 9.73. The minimum Gasteiger partial charge on any atom is -0.479 e. The van der Waals surface area contributed by atoms with Crippen molar-refractivity contribution in [3.8, 4) is 0 Å². The summed E-state index contributed by atoms with van der Waals surface area (Å²) in [5.41, 5.74) is 4.69. The first-order valence-corrected chi connectivity index (χ1v) is 7.30. The molecule has 2 fully saturated rings. The number of carboxylic acids is 1. The van der Waals surface area contributed by atoms with Crippen molar-refractivity contribution < 1.29 is 14.7 Å². The van der Waals surface area contributed by atoms with Crippen molar-refractivity contribution in [2.24, 2.45) is 11.7 Å². The van der Waals surface area contributed by atoms with Crippen molar-refractivity contribution in [2.75, 3.05) is 6.54 Å². The zero-order chi connectivity index (χ0) is 14.0. The van der Waals surface area contributed by atoms with Crippen molar-refractivity contribution in [1.82, 2.24) is 4.90 Å². The van der Waals surface area contributed by atoms with Gasteiger partial charge >= 0.3 is 5.97 Å². The summed E-state index contributed by atoms with van der Waals surface area (Å²) in [6, 6.07) is -0.625. The molecule has 0 unspecified atom stereocenters. The van der Waals surface area contributed by atoms with Crippen LogP contribution in [0.5, 0.6) is 0 Å². The quantitative estimate of drug-likeness (QED) is 0.832. The molecule has 0 spiro atoms. The summed E-state index contributed by atoms with van der Waals surface area (Å²) < 4.78 is 0. The first kappa shape index (κ1) is 17.2. The van der Waals surface area contributed by atoms with Gasteiger partial charge in [0.25, 0.3) is 0 Å². The zero-order valence-electron chi connectivity index (χ0n) is 12.0. The molecule has 0 bridgehead atoms. The number of nitrogens with zero attached hydrogens (tertiary/aromatic N) is 1. The molecule has 116 valence electrons. The van der Waals surface area contributed by atoms with Crippen LogP contribution in [0.4, 0.5) is 0 Å². The van der Waals surface area contributed by atoms with Crippen LogP contribution >= 0.6 is 12.4 Å². The Bertz CT molecular complexity index is 369. The third kappa shape index (κ3) is 2.79. The predicted molar refractivity (Wildman–Crippen MR) is 78.8 cm³/mol. The minimum absolute atomic E-state index is 0. The van der Waals surface area contributed by atoms with E-state index in [1.807, 2.05) is 0 Å². The Kier molecular flexibility index (Phi) is 5.83. The number of halogens is 1. The molecule has 1 amide bonds. The summed E-state index contributed by atoms with van der Waals surface area (Å²) in [4.78, 5) is 25.7. The molecule has 0 aromatic carbocycles. The zero-order valence-corrected chi connectivity index (χ0v) is 12.8. The fourth-order valence-electron chi connectivity index (χ4n) is 3.80. The van der Waals surface area contributed by atoms with Gasteiger partial charge in [-0.25, -0.2) is 4.79 Å². The Balaban J connectivity index is 0.00000200. The standard InChI is InChI=1S/C14H24N2O3.ClH/c1-10(15)12(17)16-9-5-8-14(16,13(18)19)11-6-3-2-4-7-11;/h10-11H,2-9,15H2,1H3,(H,18,19);1H/t10-,14+;/m0./s1. The van der Waals surface area contributed by atoms with Crippen LogP contribution in [0.1, 0.15) is 51.9 Å². The topological polar surface area (TPSA) is 83.6 Å². The molecule has 1 aliphatic carbocycles. The maximum Gasteiger partial charge on any atom is 0.329 e. The number of hydrogen-bond acceptors (Lipinski definition) is 3. The van der Waals surface area contributed by atoms with Gasteiger partial charge in [0.2, 0.25) is 5.91 Å². The molecule has 1 saturated carbocycles. The summed E-state index contributed by atoms with van der Waals surface area (Å²) in [7, 11) is 0. The Labute approximate surface area is 126 Å². The average Bonchev–Trinajstić information content (AvgIpc) is 2.84. The van der Waals surface area contributed by atoms with Crippen molar-refractivity contribution >= 4 is 24.3 Å². The second-order valence-corrected chi connectivity index (χ2v) is 5.95. The Morgan fingerprint density at radius 1 is 1.25 bits per heavy atom. The Morgan fingerprint density at radius 2 is 1.85 bits per heavy atom. The number of nitrogens with two attached hydrogens (primary N) is 1. The van der Waals surface area contributed by atoms with Crippen LogP contribution in [0.3, 0.4) is 0 Å². The minimum atomic E-state index is -0.995. The van der Waals surface area contributed by atoms with Gasteiger partial charge in [-0.15, -0.1) is 12.4 Å². The summed E-state index contributed by atoms with van der Waals surface area (Å²) in [6.45, 7) is 2.16. The molecular weight excluding hydrogens is 280 g/mol. The van der Waals surface area contributed by atoms with E-state index in [2.05, 4.69) is 0 Å². The van der Waals surface area contributed by atoms with Crippen molar-refractivity contribution in [2.45, 2.75) is 63.5 Å². The number of carbonyl (C=O) groups is 2. The molecule has 2 aliphatic rings. The van der Waals surface area contributed by atoms with E-state index < -0.39 is 17.6 Å². The molecule has 0 radical (unpaired) electrons. The molecule has 5 nitrogen and oxygen atoms in total. The van der Waals surface area contributed by atoms with Crippen LogP contribution < -0.4 is 5.73 Å². The molecule has 0 aromatic heterocycles. The lowest BCUT2D eigenvalue weighted by Gasteiger charge is -2.43. The van der Waals surface area contributed by atoms with Gasteiger partial charge in [0, 0.05) is 6.54 Å². The molecule has 2 atom stereocenters. The highest BCUT2D eigenvalue weighted by Gasteiger charge is 2.55. The summed E-state index contributed by atoms with van der Waals surface area (Å²) in [6.07, 6.45) is 6.48. The van der Waals surface area contributed by atoms with Crippen LogP contribution in [0.2, 0.25) is 0 Å². The molecule has 6 heteroatoms. The lowest BCUT2D eigenvalue weighted by Crippen LogP contribution is -2.60. The van der Waals surface area contributed by atoms with E-state index in [9.17, 15) is 14.7 Å². The van der Waals surface area contributed by atoms with E-state index in [1.54, 1.807) is 11.8 Å². The maximum absolute atomic E-state index is 12.2. The number of rotatable bonds is 3. The van der Waals surface area contributed by atoms with Crippen LogP contribution in [-0.2, 0) is 9.59 Å². The van der Waals surface area contributed by atoms with E-state index in [-0.39, 0.29) is 24.2 Å². The first-order chi connectivity index (χ1) is 9.00. The van der Waals surface area contributed by atoms with Gasteiger partial charge in [-0.1, -0.05) is 19.3 Å². The van der Waals surface area contributed by atoms with Gasteiger partial charge in [-0.3, -0.25) is 4.79 Å². The van der Waals surface area contributed by atoms with Gasteiger partial charge in [0.05, 0.1) is 6.04 Å². The van der Waals surface area contributed by atoms with Crippen LogP contribution in [0.15, 0.2) is 0 Å². The third-order valence-corrected chi connectivity index (χ3v) is 4.73. The number of carboxylic acid groups (broad SMARTS) is 1. The van der Waals surface area contributed by atoms with Gasteiger partial charge in [-0.2, -0.15) is 0 Å². The lowest BCUT2D eigenvalue weighted by molar-refractivity contribution is -0.162. The largest absolute Gasteiger partial charge is 0.479 e. The monoisotopic (exact) mass is 304 g/mol. The van der Waals surface area contributed by atoms with Crippen molar-refractivity contribution in [3.63, 3.8) is 0 Å². The fraction of sp³-hybridized carbons (Fsp3) is 0.857. The molecule has 0 aromatic rings. The van der Waals surface area contributed by atoms with Gasteiger partial charge in [0.1, 0.15) is 5.54 Å². The second-order valence-electron chi connectivity index (χ2n) is 5.95. The van der Waals surface area contributed by atoms with Crippen LogP contribution in [0, 0.1) is 5.92 Å². The van der Waals surface area contributed by atoms with Crippen molar-refractivity contribution in [3.05, 3.63) is 0 Å². The normalized spacial score (nSPS) is 28.8. The molecule has 3 N–H and O–H groups in total. The van der Waals surface area contributed by atoms with Gasteiger partial charge in [0.15, 0.2) is 0 Å². The average molecular weight is 305 g/mol. The number of amides is 1. The fourth-order valence-corrected chi connectivity index (χ4v) is 3.80. The van der Waals surface area contributed by atoms with E-state index in [0.29, 0.717) is 13.0 Å². The van der Waals surface area contributed by atoms with Crippen LogP contribution in [0.25, 0.3) is 0 Å². The Morgan fingerprint density at radius 3 is 2.35 bits per heavy atom. The number of aliphatic carboxylic acids is 1. The highest BCUT2D eigenvalue weighted by atomic mass is 35.5. The molecule has 1 heterocycles. The van der Waals surface area contributed by atoms with E-state index in [1.165, 1.54) is 6.42 Å². The maximum atomic E-state index is 12.2. The molecule has 1 saturated heterocycles. The highest BCUT2D eigenvalue weighted by molar-refractivity contribution is 5.90. The third-order valence-electron chi connectivity index (χ3n) is 4.73. The first-order valence-electron chi connectivity index (χ1n) is 7.30. The number of hydrogen-bond donors (Lipinski definition) is 2. The SMILES string of the molecule is C[C@H](N)C(=O)N1CCC[C@]1(C(=O)O)C1CCCCC1.Cl. The smallest absolute Gasteiger partial charge is 0.329 e. The highest BCUT2D eigenvalue weighted by Crippen LogP contribution is 2.43.